The van der Waals surface area contributed by atoms with Crippen molar-refractivity contribution in [3.8, 4) is 0 Å². The van der Waals surface area contributed by atoms with Crippen molar-refractivity contribution in [3.05, 3.63) is 227 Å². The average molecular weight is 1580 g/mol. The zero-order valence-corrected chi connectivity index (χ0v) is 66.1. The number of hydrogen-bond acceptors (Lipinski definition) is 11. The van der Waals surface area contributed by atoms with E-state index in [0.29, 0.717) is 114 Å². The van der Waals surface area contributed by atoms with Crippen molar-refractivity contribution >= 4 is 131 Å². The highest BCUT2D eigenvalue weighted by Gasteiger charge is 2.48. The lowest BCUT2D eigenvalue weighted by atomic mass is 10.1. The van der Waals surface area contributed by atoms with Crippen LogP contribution >= 0.6 is 57.4 Å². The maximum absolute atomic E-state index is 14.5. The van der Waals surface area contributed by atoms with Gasteiger partial charge in [-0.2, -0.15) is 15.3 Å². The number of aryl methyl sites for hydroxylation is 3. The summed E-state index contributed by atoms with van der Waals surface area (Å²) in [6.07, 6.45) is 10.3. The minimum atomic E-state index is -2.20. The third-order valence-corrected chi connectivity index (χ3v) is 34.1. The highest BCUT2D eigenvalue weighted by Crippen LogP contribution is 2.47. The molecule has 1 unspecified atom stereocenters. The van der Waals surface area contributed by atoms with Gasteiger partial charge in [0.25, 0.3) is 0 Å². The van der Waals surface area contributed by atoms with Gasteiger partial charge < -0.3 is 34.5 Å². The first-order chi connectivity index (χ1) is 47.9. The van der Waals surface area contributed by atoms with Crippen LogP contribution in [-0.2, 0) is 47.2 Å². The molecule has 1 atom stereocenters. The van der Waals surface area contributed by atoms with Gasteiger partial charge in [-0.25, -0.2) is 28.1 Å². The zero-order chi connectivity index (χ0) is 73.4. The first-order valence-electron chi connectivity index (χ1n) is 33.8. The Morgan fingerprint density at radius 1 is 0.535 bits per heavy atom. The Kier molecular flexibility index (Phi) is 25.7. The Hall–Kier alpha value is -7.79. The number of aromatic nitrogens is 12. The standard InChI is InChI=1S/C28H37ClFN5OSi.C19H17ClFN5.C16H24FIN2Si.C12H12ClN3O/c1-17(2)37(18(3)4,19(5)6)35-16-24(23-12-22(30)15-32-28(23)35)27(36)25-13-26(33-34(25)7)31-14-20-9-8-10-21(29)11-20;1-26-16(6-13-10-23-19-17(13)7-15(21)11-24-19)8-18(25-26)22-9-12-3-2-4-14(20)5-12;1-10(2)21(11(3)4,12(5)6)20-9-15(18)14-7-13(17)8-19-16(14)20;1-16-11(8-17)6-12(15-16)14-7-9-3-2-4-10(13)5-9/h8-13,15-19,27,36H,14H2,1-7H3,(H,31,33);2-5,7-8,10-11H,6,9H2,1H3,(H,22,25)(H,23,24);7-12H,1-6H3;2-6,8H,7H2,1H3,(H,14,15). The second-order valence-corrected chi connectivity index (χ2v) is 41.3. The highest BCUT2D eigenvalue weighted by atomic mass is 127. The molecule has 0 saturated heterocycles. The number of fused-ring (bicyclic) bond motifs is 3. The van der Waals surface area contributed by atoms with Crippen LogP contribution in [0.5, 0.6) is 0 Å². The molecule has 26 heteroatoms. The number of aliphatic hydroxyl groups is 1. The molecule has 0 bridgehead atoms. The highest BCUT2D eigenvalue weighted by molar-refractivity contribution is 14.1. The van der Waals surface area contributed by atoms with E-state index in [1.54, 1.807) is 30.9 Å². The molecule has 0 radical (unpaired) electrons. The molecule has 17 nitrogen and oxygen atoms in total. The lowest BCUT2D eigenvalue weighted by Gasteiger charge is -2.44. The molecule has 101 heavy (non-hydrogen) atoms. The molecule has 0 fully saturated rings. The van der Waals surface area contributed by atoms with Crippen molar-refractivity contribution in [2.24, 2.45) is 21.1 Å². The quantitative estimate of drug-likeness (QED) is 0.0246. The third-order valence-electron chi connectivity index (χ3n) is 19.1. The fourth-order valence-electron chi connectivity index (χ4n) is 14.9. The number of H-pyrrole nitrogens is 1. The van der Waals surface area contributed by atoms with Gasteiger partial charge in [0.1, 0.15) is 63.6 Å². The number of hydrogen-bond donors (Lipinski definition) is 5. The predicted molar refractivity (Wildman–Crippen MR) is 419 cm³/mol. The Bertz CT molecular complexity index is 4770. The topological polar surface area (TPSA) is 191 Å². The average Bonchev–Trinajstić information content (AvgIpc) is 1.69. The third kappa shape index (κ3) is 17.5. The Morgan fingerprint density at radius 3 is 1.42 bits per heavy atom. The van der Waals surface area contributed by atoms with Crippen LogP contribution in [0.2, 0.25) is 48.3 Å². The normalized spacial score (nSPS) is 12.2. The summed E-state index contributed by atoms with van der Waals surface area (Å²) in [6.45, 7) is 29.4. The van der Waals surface area contributed by atoms with Crippen LogP contribution in [0.15, 0.2) is 146 Å². The van der Waals surface area contributed by atoms with Gasteiger partial charge in [0.15, 0.2) is 22.8 Å². The van der Waals surface area contributed by atoms with E-state index in [-0.39, 0.29) is 11.6 Å². The van der Waals surface area contributed by atoms with Crippen molar-refractivity contribution in [3.63, 3.8) is 0 Å². The number of pyridine rings is 3. The largest absolute Gasteiger partial charge is 0.382 e. The number of aldehydes is 1. The van der Waals surface area contributed by atoms with Crippen LogP contribution < -0.4 is 16.0 Å². The van der Waals surface area contributed by atoms with Crippen LogP contribution in [0.25, 0.3) is 33.1 Å². The summed E-state index contributed by atoms with van der Waals surface area (Å²) in [4.78, 5) is 26.8. The maximum atomic E-state index is 14.5. The molecular weight excluding hydrogens is 1490 g/mol. The molecule has 0 aliphatic carbocycles. The van der Waals surface area contributed by atoms with Crippen molar-refractivity contribution in [2.45, 2.75) is 148 Å². The minimum absolute atomic E-state index is 0.260. The van der Waals surface area contributed by atoms with Crippen molar-refractivity contribution in [2.75, 3.05) is 16.0 Å². The zero-order valence-electron chi connectivity index (χ0n) is 59.7. The van der Waals surface area contributed by atoms with Crippen LogP contribution in [0.3, 0.4) is 0 Å². The molecule has 0 aliphatic rings. The fourth-order valence-corrected chi connectivity index (χ4v) is 29.7. The summed E-state index contributed by atoms with van der Waals surface area (Å²) in [5, 5.41) is 39.1. The van der Waals surface area contributed by atoms with Crippen molar-refractivity contribution in [1.29, 1.82) is 0 Å². The van der Waals surface area contributed by atoms with Gasteiger partial charge in [-0.1, -0.05) is 154 Å². The van der Waals surface area contributed by atoms with Gasteiger partial charge in [-0.05, 0) is 133 Å². The number of aliphatic hydroxyl groups excluding tert-OH is 1. The Balaban J connectivity index is 0.000000164. The van der Waals surface area contributed by atoms with Crippen molar-refractivity contribution in [1.82, 2.24) is 57.7 Å². The van der Waals surface area contributed by atoms with E-state index < -0.39 is 28.4 Å². The van der Waals surface area contributed by atoms with Crippen LogP contribution in [-0.4, -0.2) is 85.6 Å². The second kappa shape index (κ2) is 33.6. The monoisotopic (exact) mass is 1580 g/mol. The number of carbonyl (C=O) groups excluding carboxylic acids is 1. The fraction of sp³-hybridized carbons (Fsp3) is 0.347. The summed E-state index contributed by atoms with van der Waals surface area (Å²) in [5.74, 6) is 1.08. The number of halogens is 7. The summed E-state index contributed by atoms with van der Waals surface area (Å²) in [5.41, 5.74) is 12.4. The first-order valence-corrected chi connectivity index (χ1v) is 40.3. The molecule has 534 valence electrons. The molecule has 5 N–H and O–H groups in total. The number of carbonyl (C=O) groups is 1. The van der Waals surface area contributed by atoms with E-state index in [1.807, 2.05) is 109 Å². The maximum Gasteiger partial charge on any atom is 0.171 e. The molecule has 3 aromatic carbocycles. The first kappa shape index (κ1) is 77.4. The van der Waals surface area contributed by atoms with Gasteiger partial charge >= 0.3 is 0 Å². The van der Waals surface area contributed by atoms with Gasteiger partial charge in [-0.15, -0.1) is 0 Å². The van der Waals surface area contributed by atoms with E-state index in [0.717, 1.165) is 65.7 Å². The Morgan fingerprint density at radius 2 is 0.950 bits per heavy atom. The van der Waals surface area contributed by atoms with Crippen LogP contribution in [0.4, 0.5) is 30.6 Å². The van der Waals surface area contributed by atoms with E-state index in [9.17, 15) is 23.1 Å². The number of nitrogens with zero attached hydrogens (tertiary/aromatic N) is 11. The molecule has 12 aromatic rings. The molecule has 0 aliphatic heterocycles. The number of nitrogens with one attached hydrogen (secondary N) is 4. The van der Waals surface area contributed by atoms with E-state index in [4.69, 9.17) is 34.8 Å². The van der Waals surface area contributed by atoms with Crippen molar-refractivity contribution < 1.29 is 23.1 Å². The van der Waals surface area contributed by atoms with E-state index in [1.165, 1.54) is 35.4 Å². The molecule has 9 aromatic heterocycles. The summed E-state index contributed by atoms with van der Waals surface area (Å²) in [7, 11) is 1.39. The molecule has 9 heterocycles. The van der Waals surface area contributed by atoms with Gasteiger partial charge in [0, 0.05) is 130 Å². The van der Waals surface area contributed by atoms with Crippen LogP contribution in [0, 0.1) is 21.0 Å². The lowest BCUT2D eigenvalue weighted by Crippen LogP contribution is -2.51. The number of anilines is 3. The molecule has 0 amide bonds. The lowest BCUT2D eigenvalue weighted by molar-refractivity contribution is 0.111. The van der Waals surface area contributed by atoms with E-state index in [2.05, 4.69) is 172 Å². The van der Waals surface area contributed by atoms with Gasteiger partial charge in [0.2, 0.25) is 0 Å². The minimum Gasteiger partial charge on any atom is -0.382 e. The van der Waals surface area contributed by atoms with Gasteiger partial charge in [-0.3, -0.25) is 18.8 Å². The number of rotatable bonds is 22. The summed E-state index contributed by atoms with van der Waals surface area (Å²) < 4.78 is 52.4. The second-order valence-electron chi connectivity index (χ2n) is 27.4. The smallest absolute Gasteiger partial charge is 0.171 e. The Labute approximate surface area is 620 Å². The number of benzene rings is 3. The van der Waals surface area contributed by atoms with Crippen LogP contribution in [0.1, 0.15) is 139 Å². The number of aromatic amines is 1. The SMILES string of the molecule is CC(C)[Si](C(C)C)(C(C)C)n1cc(C(O)c2cc(NCc3cccc(Cl)c3)nn2C)c2cc(F)cnc21.CC(C)[Si](C(C)C)(C(C)C)n1cc(I)c2cc(F)cnc21.Cn1nc(NCc2cccc(Cl)c2)cc1C=O.Cn1nc(NCc2cccc(Cl)c2)cc1Cc1c[nH]c2ncc(F)cc12. The summed E-state index contributed by atoms with van der Waals surface area (Å²) >= 11 is 20.3. The molecular formula is C75H90Cl3F3IN15O2Si2. The summed E-state index contributed by atoms with van der Waals surface area (Å²) in [6, 6.07) is 33.1. The van der Waals surface area contributed by atoms with Gasteiger partial charge in [0.05, 0.1) is 24.3 Å². The predicted octanol–water partition coefficient (Wildman–Crippen LogP) is 19.9. The molecule has 0 saturated carbocycles. The molecule has 0 spiro atoms. The molecule has 12 rings (SSSR count). The van der Waals surface area contributed by atoms with E-state index >= 15 is 0 Å².